The fourth-order valence-corrected chi connectivity index (χ4v) is 4.39. The number of carbonyl (C=O) groups is 1. The van der Waals surface area contributed by atoms with Crippen LogP contribution in [0.15, 0.2) is 66.7 Å². The van der Waals surface area contributed by atoms with Gasteiger partial charge in [-0.05, 0) is 71.9 Å². The van der Waals surface area contributed by atoms with Crippen molar-refractivity contribution in [3.8, 4) is 5.75 Å². The van der Waals surface area contributed by atoms with Crippen LogP contribution < -0.4 is 21.1 Å². The van der Waals surface area contributed by atoms with E-state index in [0.717, 1.165) is 35.3 Å². The van der Waals surface area contributed by atoms with E-state index >= 15 is 0 Å². The Bertz CT molecular complexity index is 1240. The van der Waals surface area contributed by atoms with E-state index in [1.165, 1.54) is 40.7 Å². The summed E-state index contributed by atoms with van der Waals surface area (Å²) in [5.74, 6) is 0.104. The van der Waals surface area contributed by atoms with Crippen LogP contribution in [0.5, 0.6) is 5.75 Å². The number of anilines is 2. The number of carbonyl (C=O) groups excluding carboxylic acids is 1. The van der Waals surface area contributed by atoms with E-state index < -0.39 is 5.82 Å². The Balaban J connectivity index is 1.35. The van der Waals surface area contributed by atoms with Crippen molar-refractivity contribution in [1.29, 1.82) is 0 Å². The molecule has 1 amide bonds. The van der Waals surface area contributed by atoms with Gasteiger partial charge >= 0.3 is 0 Å². The average molecular weight is 450 g/mol. The van der Waals surface area contributed by atoms with Gasteiger partial charge in [0.1, 0.15) is 11.6 Å². The van der Waals surface area contributed by atoms with E-state index in [2.05, 4.69) is 22.8 Å². The monoisotopic (exact) mass is 449 g/mol. The number of amides is 1. The molecule has 1 heterocycles. The molecule has 0 atom stereocenters. The molecule has 0 saturated carbocycles. The Morgan fingerprint density at radius 1 is 1.03 bits per heavy atom. The zero-order valence-electron chi connectivity index (χ0n) is 17.7. The minimum Gasteiger partial charge on any atom is -0.497 e. The highest BCUT2D eigenvalue weighted by molar-refractivity contribution is 7.20. The van der Waals surface area contributed by atoms with E-state index in [9.17, 15) is 9.18 Å². The van der Waals surface area contributed by atoms with Gasteiger partial charge in [0.05, 0.1) is 23.4 Å². The third-order valence-corrected chi connectivity index (χ3v) is 6.25. The number of nitrogen functional groups attached to an aromatic ring is 1. The molecule has 0 fully saturated rings. The molecule has 4 aromatic rings. The van der Waals surface area contributed by atoms with E-state index in [0.29, 0.717) is 10.6 Å². The van der Waals surface area contributed by atoms with Gasteiger partial charge in [-0.25, -0.2) is 4.39 Å². The maximum absolute atomic E-state index is 13.5. The van der Waals surface area contributed by atoms with Crippen molar-refractivity contribution < 1.29 is 13.9 Å². The summed E-state index contributed by atoms with van der Waals surface area (Å²) in [7, 11) is 1.66. The molecule has 0 unspecified atom stereocenters. The Morgan fingerprint density at radius 3 is 2.59 bits per heavy atom. The lowest BCUT2D eigenvalue weighted by Crippen LogP contribution is -2.16. The number of fused-ring (bicyclic) bond motifs is 1. The molecule has 4 rings (SSSR count). The fraction of sp³-hybridized carbons (Fsp3) is 0.160. The molecule has 0 aliphatic carbocycles. The van der Waals surface area contributed by atoms with Crippen LogP contribution in [0.25, 0.3) is 10.1 Å². The average Bonchev–Trinajstić information content (AvgIpc) is 3.23. The van der Waals surface area contributed by atoms with Crippen molar-refractivity contribution >= 4 is 38.7 Å². The highest BCUT2D eigenvalue weighted by Crippen LogP contribution is 2.28. The number of halogens is 1. The Kier molecular flexibility index (Phi) is 6.68. The van der Waals surface area contributed by atoms with Crippen LogP contribution in [0.1, 0.15) is 20.8 Å². The molecule has 0 spiro atoms. The van der Waals surface area contributed by atoms with Crippen LogP contribution in [0.4, 0.5) is 15.8 Å². The van der Waals surface area contributed by atoms with Crippen LogP contribution >= 0.6 is 11.3 Å². The smallest absolute Gasteiger partial charge is 0.265 e. The molecule has 0 bridgehead atoms. The first-order chi connectivity index (χ1) is 15.5. The number of nitrogens with two attached hydrogens (primary N) is 1. The first kappa shape index (κ1) is 21.8. The van der Waals surface area contributed by atoms with Crippen molar-refractivity contribution in [2.45, 2.75) is 13.0 Å². The predicted octanol–water partition coefficient (Wildman–Crippen LogP) is 5.22. The van der Waals surface area contributed by atoms with Crippen molar-refractivity contribution in [3.05, 3.63) is 88.6 Å². The number of ether oxygens (including phenoxy) is 1. The van der Waals surface area contributed by atoms with Gasteiger partial charge < -0.3 is 21.1 Å². The quantitative estimate of drug-likeness (QED) is 0.255. The Hall–Kier alpha value is -3.42. The summed E-state index contributed by atoms with van der Waals surface area (Å²) in [5, 5.41) is 7.15. The van der Waals surface area contributed by atoms with E-state index in [1.807, 2.05) is 36.4 Å². The Morgan fingerprint density at radius 2 is 1.81 bits per heavy atom. The van der Waals surface area contributed by atoms with Gasteiger partial charge in [-0.15, -0.1) is 11.3 Å². The number of hydrogen-bond acceptors (Lipinski definition) is 5. The topological polar surface area (TPSA) is 76.4 Å². The van der Waals surface area contributed by atoms with Crippen molar-refractivity contribution in [2.75, 3.05) is 24.7 Å². The summed E-state index contributed by atoms with van der Waals surface area (Å²) >= 11 is 1.41. The SMILES string of the molecule is COc1ccc(CNCCc2ccc3cc(C(=O)Nc4cc(F)ccc4N)sc3c2)cc1. The highest BCUT2D eigenvalue weighted by atomic mass is 32.1. The standard InChI is InChI=1S/C25H24FN3O2S/c1-31-20-7-3-17(4-8-20)15-28-11-10-16-2-5-18-13-24(32-23(18)12-16)25(30)29-22-14-19(26)6-9-21(22)27/h2-9,12-14,28H,10-11,15,27H2,1H3,(H,29,30). The zero-order chi connectivity index (χ0) is 22.5. The maximum atomic E-state index is 13.5. The van der Waals surface area contributed by atoms with Gasteiger partial charge in [0, 0.05) is 11.2 Å². The number of methoxy groups -OCH3 is 1. The van der Waals surface area contributed by atoms with Crippen LogP contribution in [0, 0.1) is 5.82 Å². The van der Waals surface area contributed by atoms with Crippen LogP contribution in [0.3, 0.4) is 0 Å². The van der Waals surface area contributed by atoms with Gasteiger partial charge in [0.15, 0.2) is 0 Å². The lowest BCUT2D eigenvalue weighted by Gasteiger charge is -2.06. The molecular weight excluding hydrogens is 425 g/mol. The molecule has 164 valence electrons. The number of hydrogen-bond donors (Lipinski definition) is 3. The number of nitrogens with one attached hydrogen (secondary N) is 2. The summed E-state index contributed by atoms with van der Waals surface area (Å²) in [6.45, 7) is 1.63. The van der Waals surface area contributed by atoms with Gasteiger partial charge in [0.25, 0.3) is 5.91 Å². The minimum atomic E-state index is -0.448. The zero-order valence-corrected chi connectivity index (χ0v) is 18.5. The van der Waals surface area contributed by atoms with Crippen LogP contribution in [-0.4, -0.2) is 19.6 Å². The minimum absolute atomic E-state index is 0.274. The number of rotatable bonds is 8. The normalized spacial score (nSPS) is 10.9. The predicted molar refractivity (Wildman–Crippen MR) is 129 cm³/mol. The van der Waals surface area contributed by atoms with Crippen LogP contribution in [0.2, 0.25) is 0 Å². The van der Waals surface area contributed by atoms with Crippen molar-refractivity contribution in [2.24, 2.45) is 0 Å². The molecule has 5 nitrogen and oxygen atoms in total. The first-order valence-electron chi connectivity index (χ1n) is 10.2. The first-order valence-corrected chi connectivity index (χ1v) is 11.1. The van der Waals surface area contributed by atoms with E-state index in [1.54, 1.807) is 7.11 Å². The van der Waals surface area contributed by atoms with Gasteiger partial charge in [0.2, 0.25) is 0 Å². The third kappa shape index (κ3) is 5.25. The Labute approximate surface area is 190 Å². The molecule has 0 saturated heterocycles. The van der Waals surface area contributed by atoms with E-state index in [4.69, 9.17) is 10.5 Å². The fourth-order valence-electron chi connectivity index (χ4n) is 3.37. The molecule has 1 aromatic heterocycles. The molecular formula is C25H24FN3O2S. The van der Waals surface area contributed by atoms with Gasteiger partial charge in [-0.2, -0.15) is 0 Å². The second kappa shape index (κ2) is 9.80. The van der Waals surface area contributed by atoms with Gasteiger partial charge in [-0.3, -0.25) is 4.79 Å². The van der Waals surface area contributed by atoms with Gasteiger partial charge in [-0.1, -0.05) is 24.3 Å². The molecule has 3 aromatic carbocycles. The summed E-state index contributed by atoms with van der Waals surface area (Å²) in [4.78, 5) is 13.2. The molecule has 32 heavy (non-hydrogen) atoms. The summed E-state index contributed by atoms with van der Waals surface area (Å²) in [6.07, 6.45) is 0.880. The molecule has 0 aliphatic rings. The van der Waals surface area contributed by atoms with Crippen molar-refractivity contribution in [1.82, 2.24) is 5.32 Å². The molecule has 0 radical (unpaired) electrons. The van der Waals surface area contributed by atoms with Crippen molar-refractivity contribution in [3.63, 3.8) is 0 Å². The number of benzene rings is 3. The third-order valence-electron chi connectivity index (χ3n) is 5.15. The number of thiophene rings is 1. The van der Waals surface area contributed by atoms with E-state index in [-0.39, 0.29) is 11.6 Å². The maximum Gasteiger partial charge on any atom is 0.265 e. The second-order valence-corrected chi connectivity index (χ2v) is 8.53. The molecule has 0 aliphatic heterocycles. The highest BCUT2D eigenvalue weighted by Gasteiger charge is 2.13. The lowest BCUT2D eigenvalue weighted by atomic mass is 10.1. The van der Waals surface area contributed by atoms with Crippen LogP contribution in [-0.2, 0) is 13.0 Å². The largest absolute Gasteiger partial charge is 0.497 e. The lowest BCUT2D eigenvalue weighted by molar-refractivity contribution is 0.103. The summed E-state index contributed by atoms with van der Waals surface area (Å²) in [5.41, 5.74) is 8.83. The molecule has 4 N–H and O–H groups in total. The second-order valence-electron chi connectivity index (χ2n) is 7.44. The summed E-state index contributed by atoms with van der Waals surface area (Å²) in [6, 6.07) is 20.0. The summed E-state index contributed by atoms with van der Waals surface area (Å²) < 4.78 is 19.7. The molecule has 7 heteroatoms.